The maximum absolute atomic E-state index is 14.5. The zero-order chi connectivity index (χ0) is 13.3. The Hall–Kier alpha value is -1.36. The molecule has 3 nitrogen and oxygen atoms in total. The lowest BCUT2D eigenvalue weighted by molar-refractivity contribution is -0.0727. The highest BCUT2D eigenvalue weighted by atomic mass is 19.3. The molecule has 104 valence electrons. The van der Waals surface area contributed by atoms with E-state index in [2.05, 4.69) is 5.32 Å². The summed E-state index contributed by atoms with van der Waals surface area (Å²) in [5.41, 5.74) is 0.0189. The summed E-state index contributed by atoms with van der Waals surface area (Å²) in [6.45, 7) is 2.07. The minimum absolute atomic E-state index is 0.0189. The van der Waals surface area contributed by atoms with Crippen LogP contribution in [0.3, 0.4) is 0 Å². The molecule has 0 spiro atoms. The second-order valence-electron chi connectivity index (χ2n) is 5.02. The minimum atomic E-state index is -2.83. The van der Waals surface area contributed by atoms with E-state index < -0.39 is 11.8 Å². The third-order valence-corrected chi connectivity index (χ3v) is 3.74. The Kier molecular flexibility index (Phi) is 3.31. The number of halogens is 2. The van der Waals surface area contributed by atoms with Crippen molar-refractivity contribution in [3.8, 4) is 11.5 Å². The molecular formula is C14H17F2NO2. The van der Waals surface area contributed by atoms with E-state index in [-0.39, 0.29) is 5.56 Å². The Morgan fingerprint density at radius 2 is 1.95 bits per heavy atom. The molecule has 0 radical (unpaired) electrons. The predicted octanol–water partition coefficient (Wildman–Crippen LogP) is 2.55. The monoisotopic (exact) mass is 269 g/mol. The number of ether oxygens (including phenoxy) is 2. The molecule has 19 heavy (non-hydrogen) atoms. The fourth-order valence-corrected chi connectivity index (χ4v) is 2.65. The van der Waals surface area contributed by atoms with Gasteiger partial charge in [-0.15, -0.1) is 0 Å². The zero-order valence-electron chi connectivity index (χ0n) is 10.6. The summed E-state index contributed by atoms with van der Waals surface area (Å²) >= 11 is 0. The smallest absolute Gasteiger partial charge is 0.277 e. The molecule has 2 aliphatic heterocycles. The van der Waals surface area contributed by atoms with Gasteiger partial charge in [0.15, 0.2) is 11.5 Å². The molecule has 1 unspecified atom stereocenters. The van der Waals surface area contributed by atoms with Gasteiger partial charge in [-0.2, -0.15) is 0 Å². The quantitative estimate of drug-likeness (QED) is 0.895. The molecule has 1 saturated heterocycles. The molecule has 1 aromatic rings. The maximum atomic E-state index is 14.5. The van der Waals surface area contributed by atoms with Crippen LogP contribution >= 0.6 is 0 Å². The number of hydrogen-bond donors (Lipinski definition) is 1. The third kappa shape index (κ3) is 2.39. The van der Waals surface area contributed by atoms with Crippen molar-refractivity contribution in [1.29, 1.82) is 0 Å². The van der Waals surface area contributed by atoms with Crippen molar-refractivity contribution in [3.05, 3.63) is 23.8 Å². The first kappa shape index (κ1) is 12.7. The van der Waals surface area contributed by atoms with E-state index in [0.717, 1.165) is 13.0 Å². The lowest BCUT2D eigenvalue weighted by atomic mass is 9.88. The summed E-state index contributed by atoms with van der Waals surface area (Å²) < 4.78 is 39.7. The van der Waals surface area contributed by atoms with Crippen molar-refractivity contribution in [2.45, 2.75) is 18.8 Å². The average molecular weight is 269 g/mol. The van der Waals surface area contributed by atoms with Crippen LogP contribution < -0.4 is 14.8 Å². The third-order valence-electron chi connectivity index (χ3n) is 3.74. The van der Waals surface area contributed by atoms with Crippen LogP contribution in [0.15, 0.2) is 18.2 Å². The fraction of sp³-hybridized carbons (Fsp3) is 0.571. The van der Waals surface area contributed by atoms with Gasteiger partial charge in [-0.25, -0.2) is 8.78 Å². The zero-order valence-corrected chi connectivity index (χ0v) is 10.6. The van der Waals surface area contributed by atoms with Crippen LogP contribution in [-0.2, 0) is 5.92 Å². The lowest BCUT2D eigenvalue weighted by Gasteiger charge is -2.31. The highest BCUT2D eigenvalue weighted by Gasteiger charge is 2.42. The predicted molar refractivity (Wildman–Crippen MR) is 66.9 cm³/mol. The second kappa shape index (κ2) is 4.96. The largest absolute Gasteiger partial charge is 0.486 e. The highest BCUT2D eigenvalue weighted by Crippen LogP contribution is 2.42. The molecule has 3 rings (SSSR count). The van der Waals surface area contributed by atoms with Crippen molar-refractivity contribution in [1.82, 2.24) is 5.32 Å². The number of benzene rings is 1. The first-order valence-corrected chi connectivity index (χ1v) is 6.66. The van der Waals surface area contributed by atoms with Gasteiger partial charge in [0, 0.05) is 18.0 Å². The van der Waals surface area contributed by atoms with E-state index in [1.807, 2.05) is 0 Å². The van der Waals surface area contributed by atoms with Crippen molar-refractivity contribution in [2.75, 3.05) is 26.3 Å². The van der Waals surface area contributed by atoms with Crippen LogP contribution in [0, 0.1) is 5.92 Å². The molecule has 2 aliphatic rings. The summed E-state index contributed by atoms with van der Waals surface area (Å²) in [6, 6.07) is 4.44. The molecular weight excluding hydrogens is 252 g/mol. The molecule has 1 atom stereocenters. The number of hydrogen-bond acceptors (Lipinski definition) is 3. The van der Waals surface area contributed by atoms with Gasteiger partial charge in [-0.05, 0) is 37.6 Å². The van der Waals surface area contributed by atoms with Crippen molar-refractivity contribution in [3.63, 3.8) is 0 Å². The molecule has 0 amide bonds. The second-order valence-corrected chi connectivity index (χ2v) is 5.02. The van der Waals surface area contributed by atoms with Crippen molar-refractivity contribution in [2.24, 2.45) is 5.92 Å². The van der Waals surface area contributed by atoms with Gasteiger partial charge in [0.2, 0.25) is 0 Å². The first-order chi connectivity index (χ1) is 9.18. The van der Waals surface area contributed by atoms with Crippen LogP contribution in [0.25, 0.3) is 0 Å². The molecule has 0 bridgehead atoms. The topological polar surface area (TPSA) is 30.5 Å². The van der Waals surface area contributed by atoms with Gasteiger partial charge in [0.05, 0.1) is 0 Å². The summed E-state index contributed by atoms with van der Waals surface area (Å²) in [4.78, 5) is 0. The summed E-state index contributed by atoms with van der Waals surface area (Å²) in [5.74, 6) is -2.51. The number of rotatable bonds is 2. The Bertz CT molecular complexity index is 459. The molecule has 2 heterocycles. The van der Waals surface area contributed by atoms with E-state index in [1.165, 1.54) is 12.1 Å². The van der Waals surface area contributed by atoms with Gasteiger partial charge in [-0.3, -0.25) is 0 Å². The van der Waals surface area contributed by atoms with Crippen LogP contribution in [0.2, 0.25) is 0 Å². The molecule has 0 saturated carbocycles. The van der Waals surface area contributed by atoms with Crippen LogP contribution in [0.1, 0.15) is 18.4 Å². The SMILES string of the molecule is FC(F)(c1ccc2c(c1)OCCO2)C1CCCNC1. The Morgan fingerprint density at radius 1 is 1.16 bits per heavy atom. The maximum Gasteiger partial charge on any atom is 0.277 e. The molecule has 5 heteroatoms. The van der Waals surface area contributed by atoms with Crippen LogP contribution in [0.4, 0.5) is 8.78 Å². The average Bonchev–Trinajstić information content (AvgIpc) is 2.47. The van der Waals surface area contributed by atoms with Crippen LogP contribution in [0.5, 0.6) is 11.5 Å². The molecule has 1 aromatic carbocycles. The number of alkyl halides is 2. The first-order valence-electron chi connectivity index (χ1n) is 6.66. The van der Waals surface area contributed by atoms with E-state index >= 15 is 0 Å². The summed E-state index contributed by atoms with van der Waals surface area (Å²) in [5, 5.41) is 3.04. The minimum Gasteiger partial charge on any atom is -0.486 e. The van der Waals surface area contributed by atoms with Crippen LogP contribution in [-0.4, -0.2) is 26.3 Å². The van der Waals surface area contributed by atoms with Gasteiger partial charge in [0.1, 0.15) is 13.2 Å². The van der Waals surface area contributed by atoms with Crippen molar-refractivity contribution >= 4 is 0 Å². The summed E-state index contributed by atoms with van der Waals surface area (Å²) in [6.07, 6.45) is 1.35. The van der Waals surface area contributed by atoms with Gasteiger partial charge in [0.25, 0.3) is 5.92 Å². The van der Waals surface area contributed by atoms with E-state index in [4.69, 9.17) is 9.47 Å². The van der Waals surface area contributed by atoms with Gasteiger partial charge in [-0.1, -0.05) is 0 Å². The molecule has 1 fully saturated rings. The number of piperidine rings is 1. The number of nitrogens with one attached hydrogen (secondary N) is 1. The van der Waals surface area contributed by atoms with Gasteiger partial charge >= 0.3 is 0 Å². The number of fused-ring (bicyclic) bond motifs is 1. The molecule has 1 N–H and O–H groups in total. The normalized spacial score (nSPS) is 23.2. The lowest BCUT2D eigenvalue weighted by Crippen LogP contribution is -2.39. The van der Waals surface area contributed by atoms with Crippen molar-refractivity contribution < 1.29 is 18.3 Å². The van der Waals surface area contributed by atoms with Gasteiger partial charge < -0.3 is 14.8 Å². The highest BCUT2D eigenvalue weighted by molar-refractivity contribution is 5.45. The Balaban J connectivity index is 1.87. The fourth-order valence-electron chi connectivity index (χ4n) is 2.65. The van der Waals surface area contributed by atoms with E-state index in [1.54, 1.807) is 6.07 Å². The Labute approximate surface area is 110 Å². The molecule has 0 aliphatic carbocycles. The summed E-state index contributed by atoms with van der Waals surface area (Å²) in [7, 11) is 0. The van der Waals surface area contributed by atoms with E-state index in [0.29, 0.717) is 37.7 Å². The van der Waals surface area contributed by atoms with E-state index in [9.17, 15) is 8.78 Å². The molecule has 0 aromatic heterocycles. The standard InChI is InChI=1S/C14H17F2NO2/c15-14(16,11-2-1-5-17-9-11)10-3-4-12-13(8-10)19-7-6-18-12/h3-4,8,11,17H,1-2,5-7,9H2. The Morgan fingerprint density at radius 3 is 2.68 bits per heavy atom.